The van der Waals surface area contributed by atoms with Crippen LogP contribution in [0.5, 0.6) is 0 Å². The third-order valence-electron chi connectivity index (χ3n) is 2.90. The topological polar surface area (TPSA) is 79.5 Å². The van der Waals surface area contributed by atoms with Gasteiger partial charge in [0.25, 0.3) is 5.91 Å². The Kier molecular flexibility index (Phi) is 4.93. The molecule has 2 aromatic carbocycles. The molecule has 0 spiro atoms. The zero-order valence-corrected chi connectivity index (χ0v) is 11.8. The Morgan fingerprint density at radius 3 is 2.43 bits per heavy atom. The molecule has 0 radical (unpaired) electrons. The fraction of sp³-hybridized carbons (Fsp3) is 0.125. The standard InChI is InChI=1S/C16H18N4O/c1-12(13-7-9-14(17)10-8-13)19-20-16(21)11-18-15-5-3-2-4-6-15/h2-10,18H,11,17H2,1H3,(H,20,21)/b19-12-. The summed E-state index contributed by atoms with van der Waals surface area (Å²) in [6, 6.07) is 16.9. The van der Waals surface area contributed by atoms with Crippen LogP contribution in [-0.4, -0.2) is 18.2 Å². The molecular formula is C16H18N4O. The van der Waals surface area contributed by atoms with Crippen LogP contribution in [0.4, 0.5) is 11.4 Å². The number of nitrogens with one attached hydrogen (secondary N) is 2. The Balaban J connectivity index is 1.85. The van der Waals surface area contributed by atoms with E-state index in [0.29, 0.717) is 5.69 Å². The zero-order chi connectivity index (χ0) is 15.1. The number of amides is 1. The van der Waals surface area contributed by atoms with Crippen molar-refractivity contribution in [3.05, 3.63) is 60.2 Å². The molecule has 0 aliphatic heterocycles. The van der Waals surface area contributed by atoms with Crippen molar-refractivity contribution in [1.29, 1.82) is 0 Å². The summed E-state index contributed by atoms with van der Waals surface area (Å²) in [5, 5.41) is 7.09. The lowest BCUT2D eigenvalue weighted by Crippen LogP contribution is -2.26. The van der Waals surface area contributed by atoms with Crippen LogP contribution < -0.4 is 16.5 Å². The van der Waals surface area contributed by atoms with Crippen molar-refractivity contribution in [2.75, 3.05) is 17.6 Å². The predicted octanol–water partition coefficient (Wildman–Crippen LogP) is 2.22. The number of rotatable bonds is 5. The minimum Gasteiger partial charge on any atom is -0.399 e. The van der Waals surface area contributed by atoms with Gasteiger partial charge in [-0.15, -0.1) is 0 Å². The Morgan fingerprint density at radius 1 is 1.10 bits per heavy atom. The molecule has 4 N–H and O–H groups in total. The molecule has 0 fully saturated rings. The highest BCUT2D eigenvalue weighted by atomic mass is 16.2. The summed E-state index contributed by atoms with van der Waals surface area (Å²) >= 11 is 0. The molecule has 0 aliphatic carbocycles. The molecule has 2 aromatic rings. The van der Waals surface area contributed by atoms with Gasteiger partial charge in [0, 0.05) is 11.4 Å². The summed E-state index contributed by atoms with van der Waals surface area (Å²) in [7, 11) is 0. The Bertz CT molecular complexity index is 620. The van der Waals surface area contributed by atoms with Crippen molar-refractivity contribution in [1.82, 2.24) is 5.43 Å². The van der Waals surface area contributed by atoms with E-state index in [1.165, 1.54) is 0 Å². The second-order valence-electron chi connectivity index (χ2n) is 4.57. The highest BCUT2D eigenvalue weighted by molar-refractivity contribution is 5.99. The van der Waals surface area contributed by atoms with Crippen LogP contribution in [0.3, 0.4) is 0 Å². The molecule has 0 aliphatic rings. The van der Waals surface area contributed by atoms with Crippen LogP contribution in [0.25, 0.3) is 0 Å². The van der Waals surface area contributed by atoms with Gasteiger partial charge in [-0.2, -0.15) is 5.10 Å². The molecule has 0 heterocycles. The summed E-state index contributed by atoms with van der Waals surface area (Å²) in [5.41, 5.74) is 11.4. The quantitative estimate of drug-likeness (QED) is 0.447. The van der Waals surface area contributed by atoms with Crippen molar-refractivity contribution >= 4 is 23.0 Å². The summed E-state index contributed by atoms with van der Waals surface area (Å²) in [6.45, 7) is 2.00. The van der Waals surface area contributed by atoms with Gasteiger partial charge in [-0.25, -0.2) is 5.43 Å². The van der Waals surface area contributed by atoms with Gasteiger partial charge in [0.2, 0.25) is 0 Å². The average molecular weight is 282 g/mol. The number of hydrogen-bond acceptors (Lipinski definition) is 4. The molecule has 0 saturated carbocycles. The lowest BCUT2D eigenvalue weighted by Gasteiger charge is -2.06. The maximum atomic E-state index is 11.7. The van der Waals surface area contributed by atoms with E-state index in [2.05, 4.69) is 15.8 Å². The van der Waals surface area contributed by atoms with Gasteiger partial charge in [0.05, 0.1) is 12.3 Å². The van der Waals surface area contributed by atoms with E-state index in [1.54, 1.807) is 12.1 Å². The molecule has 21 heavy (non-hydrogen) atoms. The van der Waals surface area contributed by atoms with Crippen molar-refractivity contribution in [3.63, 3.8) is 0 Å². The van der Waals surface area contributed by atoms with E-state index < -0.39 is 0 Å². The number of anilines is 2. The van der Waals surface area contributed by atoms with Gasteiger partial charge in [-0.1, -0.05) is 30.3 Å². The largest absolute Gasteiger partial charge is 0.399 e. The molecule has 108 valence electrons. The van der Waals surface area contributed by atoms with E-state index in [0.717, 1.165) is 17.0 Å². The van der Waals surface area contributed by atoms with E-state index in [1.807, 2.05) is 49.4 Å². The third kappa shape index (κ3) is 4.65. The van der Waals surface area contributed by atoms with Crippen LogP contribution >= 0.6 is 0 Å². The average Bonchev–Trinajstić information content (AvgIpc) is 2.52. The monoisotopic (exact) mass is 282 g/mol. The first kappa shape index (κ1) is 14.6. The zero-order valence-electron chi connectivity index (χ0n) is 11.8. The lowest BCUT2D eigenvalue weighted by molar-refractivity contribution is -0.119. The normalized spacial score (nSPS) is 11.0. The second kappa shape index (κ2) is 7.09. The number of hydrazone groups is 1. The SMILES string of the molecule is C/C(=N/NC(=O)CNc1ccccc1)c1ccc(N)cc1. The highest BCUT2D eigenvalue weighted by Crippen LogP contribution is 2.06. The van der Waals surface area contributed by atoms with Crippen LogP contribution in [0.1, 0.15) is 12.5 Å². The number of nitrogens with zero attached hydrogens (tertiary/aromatic N) is 1. The first-order valence-corrected chi connectivity index (χ1v) is 6.63. The molecule has 0 saturated heterocycles. The molecule has 0 aromatic heterocycles. The second-order valence-corrected chi connectivity index (χ2v) is 4.57. The van der Waals surface area contributed by atoms with Crippen molar-refractivity contribution in [2.45, 2.75) is 6.92 Å². The molecule has 0 atom stereocenters. The Morgan fingerprint density at radius 2 is 1.76 bits per heavy atom. The summed E-state index contributed by atoms with van der Waals surface area (Å²) < 4.78 is 0. The van der Waals surface area contributed by atoms with Gasteiger partial charge in [0.15, 0.2) is 0 Å². The number of hydrogen-bond donors (Lipinski definition) is 3. The van der Waals surface area contributed by atoms with Gasteiger partial charge < -0.3 is 11.1 Å². The minimum absolute atomic E-state index is 0.169. The first-order valence-electron chi connectivity index (χ1n) is 6.63. The van der Waals surface area contributed by atoms with Gasteiger partial charge in [-0.3, -0.25) is 4.79 Å². The summed E-state index contributed by atoms with van der Waals surface area (Å²) in [5.74, 6) is -0.200. The lowest BCUT2D eigenvalue weighted by atomic mass is 10.1. The maximum Gasteiger partial charge on any atom is 0.259 e. The fourth-order valence-electron chi connectivity index (χ4n) is 1.71. The van der Waals surface area contributed by atoms with E-state index in [-0.39, 0.29) is 12.5 Å². The van der Waals surface area contributed by atoms with Crippen LogP contribution in [0.2, 0.25) is 0 Å². The number of carbonyl (C=O) groups is 1. The number of carbonyl (C=O) groups excluding carboxylic acids is 1. The number of nitrogens with two attached hydrogens (primary N) is 1. The fourth-order valence-corrected chi connectivity index (χ4v) is 1.71. The maximum absolute atomic E-state index is 11.7. The third-order valence-corrected chi connectivity index (χ3v) is 2.90. The van der Waals surface area contributed by atoms with Crippen LogP contribution in [0.15, 0.2) is 59.7 Å². The van der Waals surface area contributed by atoms with Crippen molar-refractivity contribution in [3.8, 4) is 0 Å². The molecule has 2 rings (SSSR count). The van der Waals surface area contributed by atoms with Crippen molar-refractivity contribution in [2.24, 2.45) is 5.10 Å². The van der Waals surface area contributed by atoms with E-state index in [9.17, 15) is 4.79 Å². The molecule has 0 bridgehead atoms. The van der Waals surface area contributed by atoms with Crippen LogP contribution in [-0.2, 0) is 4.79 Å². The smallest absolute Gasteiger partial charge is 0.259 e. The molecule has 0 unspecified atom stereocenters. The van der Waals surface area contributed by atoms with Gasteiger partial charge in [-0.05, 0) is 36.8 Å². The van der Waals surface area contributed by atoms with Gasteiger partial charge >= 0.3 is 0 Å². The molecular weight excluding hydrogens is 264 g/mol. The number of benzene rings is 2. The predicted molar refractivity (Wildman–Crippen MR) is 86.1 cm³/mol. The molecule has 1 amide bonds. The first-order chi connectivity index (χ1) is 10.1. The van der Waals surface area contributed by atoms with E-state index >= 15 is 0 Å². The molecule has 5 heteroatoms. The minimum atomic E-state index is -0.200. The summed E-state index contributed by atoms with van der Waals surface area (Å²) in [6.07, 6.45) is 0. The summed E-state index contributed by atoms with van der Waals surface area (Å²) in [4.78, 5) is 11.7. The Hall–Kier alpha value is -2.82. The van der Waals surface area contributed by atoms with Gasteiger partial charge in [0.1, 0.15) is 0 Å². The van der Waals surface area contributed by atoms with E-state index in [4.69, 9.17) is 5.73 Å². The Labute approximate surface area is 123 Å². The highest BCUT2D eigenvalue weighted by Gasteiger charge is 2.01. The number of nitrogen functional groups attached to an aromatic ring is 1. The van der Waals surface area contributed by atoms with Crippen LogP contribution in [0, 0.1) is 0 Å². The van der Waals surface area contributed by atoms with Crippen molar-refractivity contribution < 1.29 is 4.79 Å². The molecule has 5 nitrogen and oxygen atoms in total. The number of para-hydroxylation sites is 1.